The molecular formula is C12H13BrClN3O. The van der Waals surface area contributed by atoms with Crippen molar-refractivity contribution in [1.82, 2.24) is 14.8 Å². The van der Waals surface area contributed by atoms with Crippen molar-refractivity contribution in [2.24, 2.45) is 0 Å². The molecule has 1 atom stereocenters. The Balaban J connectivity index is 2.42. The molecule has 0 spiro atoms. The van der Waals surface area contributed by atoms with E-state index < -0.39 is 6.10 Å². The maximum Gasteiger partial charge on any atom is 0.139 e. The number of nitrogens with zero attached hydrogens (tertiary/aromatic N) is 3. The second-order valence-electron chi connectivity index (χ2n) is 4.22. The zero-order chi connectivity index (χ0) is 13.3. The second-order valence-corrected chi connectivity index (χ2v) is 5.51. The van der Waals surface area contributed by atoms with E-state index in [9.17, 15) is 5.11 Å². The zero-order valence-corrected chi connectivity index (χ0v) is 12.4. The van der Waals surface area contributed by atoms with Gasteiger partial charge < -0.3 is 5.11 Å². The van der Waals surface area contributed by atoms with Gasteiger partial charge in [-0.25, -0.2) is 0 Å². The van der Waals surface area contributed by atoms with Crippen LogP contribution in [0.5, 0.6) is 0 Å². The number of halogens is 2. The molecule has 1 unspecified atom stereocenters. The SMILES string of the molecule is CC(C)n1ncc(Br)c1C(O)c1ccc(Cl)cn1. The predicted molar refractivity (Wildman–Crippen MR) is 73.6 cm³/mol. The Labute approximate surface area is 119 Å². The summed E-state index contributed by atoms with van der Waals surface area (Å²) in [5.74, 6) is 0. The van der Waals surface area contributed by atoms with E-state index in [1.165, 1.54) is 6.20 Å². The molecule has 0 fully saturated rings. The minimum atomic E-state index is -0.832. The molecule has 0 bridgehead atoms. The van der Waals surface area contributed by atoms with Gasteiger partial charge in [-0.15, -0.1) is 0 Å². The van der Waals surface area contributed by atoms with Crippen molar-refractivity contribution < 1.29 is 5.11 Å². The van der Waals surface area contributed by atoms with Crippen molar-refractivity contribution in [3.63, 3.8) is 0 Å². The molecule has 6 heteroatoms. The normalized spacial score (nSPS) is 13.0. The van der Waals surface area contributed by atoms with Gasteiger partial charge in [0.15, 0.2) is 0 Å². The molecule has 0 aliphatic heterocycles. The Hall–Kier alpha value is -0.910. The number of rotatable bonds is 3. The van der Waals surface area contributed by atoms with E-state index in [2.05, 4.69) is 26.0 Å². The first-order chi connectivity index (χ1) is 8.50. The third-order valence-electron chi connectivity index (χ3n) is 2.57. The number of aliphatic hydroxyl groups excluding tert-OH is 1. The van der Waals surface area contributed by atoms with E-state index in [1.807, 2.05) is 13.8 Å². The largest absolute Gasteiger partial charge is 0.380 e. The standard InChI is InChI=1S/C12H13BrClN3O/c1-7(2)17-11(9(13)6-16-17)12(18)10-4-3-8(14)5-15-10/h3-7,12,18H,1-2H3. The van der Waals surface area contributed by atoms with Crippen molar-refractivity contribution in [3.8, 4) is 0 Å². The molecular weight excluding hydrogens is 318 g/mol. The van der Waals surface area contributed by atoms with E-state index >= 15 is 0 Å². The fourth-order valence-electron chi connectivity index (χ4n) is 1.71. The minimum absolute atomic E-state index is 0.160. The Bertz CT molecular complexity index is 539. The molecule has 96 valence electrons. The molecule has 0 aromatic carbocycles. The molecule has 2 rings (SSSR count). The van der Waals surface area contributed by atoms with E-state index in [1.54, 1.807) is 23.0 Å². The predicted octanol–water partition coefficient (Wildman–Crippen LogP) is 3.36. The summed E-state index contributed by atoms with van der Waals surface area (Å²) in [5, 5.41) is 15.2. The Morgan fingerprint density at radius 2 is 2.06 bits per heavy atom. The first-order valence-electron chi connectivity index (χ1n) is 5.53. The van der Waals surface area contributed by atoms with Crippen LogP contribution < -0.4 is 0 Å². The number of hydrogen-bond acceptors (Lipinski definition) is 3. The molecule has 18 heavy (non-hydrogen) atoms. The summed E-state index contributed by atoms with van der Waals surface area (Å²) in [6.45, 7) is 4.01. The lowest BCUT2D eigenvalue weighted by Crippen LogP contribution is -2.13. The minimum Gasteiger partial charge on any atom is -0.380 e. The highest BCUT2D eigenvalue weighted by atomic mass is 79.9. The van der Waals surface area contributed by atoms with E-state index in [0.717, 1.165) is 4.47 Å². The van der Waals surface area contributed by atoms with Gasteiger partial charge >= 0.3 is 0 Å². The van der Waals surface area contributed by atoms with Crippen molar-refractivity contribution in [1.29, 1.82) is 0 Å². The molecule has 2 aromatic rings. The van der Waals surface area contributed by atoms with Crippen molar-refractivity contribution in [2.45, 2.75) is 26.0 Å². The average Bonchev–Trinajstić information content (AvgIpc) is 2.71. The third kappa shape index (κ3) is 2.58. The molecule has 2 heterocycles. The maximum atomic E-state index is 10.4. The van der Waals surface area contributed by atoms with Gasteiger partial charge in [-0.1, -0.05) is 11.6 Å². The zero-order valence-electron chi connectivity index (χ0n) is 10.0. The van der Waals surface area contributed by atoms with Crippen LogP contribution in [0.15, 0.2) is 29.0 Å². The lowest BCUT2D eigenvalue weighted by molar-refractivity contribution is 0.199. The van der Waals surface area contributed by atoms with Gasteiger partial charge in [0.2, 0.25) is 0 Å². The van der Waals surface area contributed by atoms with Crippen LogP contribution in [0.2, 0.25) is 5.02 Å². The van der Waals surface area contributed by atoms with Crippen molar-refractivity contribution in [3.05, 3.63) is 45.4 Å². The van der Waals surface area contributed by atoms with Crippen molar-refractivity contribution >= 4 is 27.5 Å². The second kappa shape index (κ2) is 5.38. The van der Waals surface area contributed by atoms with Crippen LogP contribution in [-0.4, -0.2) is 19.9 Å². The lowest BCUT2D eigenvalue weighted by atomic mass is 10.1. The number of aromatic nitrogens is 3. The highest BCUT2D eigenvalue weighted by molar-refractivity contribution is 9.10. The molecule has 0 radical (unpaired) electrons. The van der Waals surface area contributed by atoms with Gasteiger partial charge in [-0.3, -0.25) is 9.67 Å². The summed E-state index contributed by atoms with van der Waals surface area (Å²) in [6.07, 6.45) is 2.36. The molecule has 0 saturated heterocycles. The number of hydrogen-bond donors (Lipinski definition) is 1. The van der Waals surface area contributed by atoms with Crippen LogP contribution in [0.4, 0.5) is 0 Å². The summed E-state index contributed by atoms with van der Waals surface area (Å²) < 4.78 is 2.53. The summed E-state index contributed by atoms with van der Waals surface area (Å²) in [5.41, 5.74) is 1.24. The van der Waals surface area contributed by atoms with Crippen molar-refractivity contribution in [2.75, 3.05) is 0 Å². The van der Waals surface area contributed by atoms with Gasteiger partial charge in [-0.2, -0.15) is 5.10 Å². The summed E-state index contributed by atoms with van der Waals surface area (Å²) in [4.78, 5) is 4.13. The van der Waals surface area contributed by atoms with E-state index in [-0.39, 0.29) is 6.04 Å². The number of aliphatic hydroxyl groups is 1. The smallest absolute Gasteiger partial charge is 0.139 e. The Kier molecular flexibility index (Phi) is 4.04. The van der Waals surface area contributed by atoms with Crippen LogP contribution in [0.25, 0.3) is 0 Å². The van der Waals surface area contributed by atoms with E-state index in [0.29, 0.717) is 16.4 Å². The topological polar surface area (TPSA) is 50.9 Å². The van der Waals surface area contributed by atoms with Gasteiger partial charge in [0.1, 0.15) is 6.10 Å². The summed E-state index contributed by atoms with van der Waals surface area (Å²) >= 11 is 9.18. The van der Waals surface area contributed by atoms with Gasteiger partial charge in [0.25, 0.3) is 0 Å². The third-order valence-corrected chi connectivity index (χ3v) is 3.40. The monoisotopic (exact) mass is 329 g/mol. The average molecular weight is 331 g/mol. The summed E-state index contributed by atoms with van der Waals surface area (Å²) in [6, 6.07) is 3.57. The Morgan fingerprint density at radius 1 is 1.33 bits per heavy atom. The number of pyridine rings is 1. The molecule has 0 aliphatic carbocycles. The maximum absolute atomic E-state index is 10.4. The fourth-order valence-corrected chi connectivity index (χ4v) is 2.31. The fraction of sp³-hybridized carbons (Fsp3) is 0.333. The molecule has 4 nitrogen and oxygen atoms in total. The molecule has 1 N–H and O–H groups in total. The highest BCUT2D eigenvalue weighted by Crippen LogP contribution is 2.29. The lowest BCUT2D eigenvalue weighted by Gasteiger charge is -2.16. The molecule has 2 aromatic heterocycles. The highest BCUT2D eigenvalue weighted by Gasteiger charge is 2.21. The first-order valence-corrected chi connectivity index (χ1v) is 6.70. The van der Waals surface area contributed by atoms with E-state index in [4.69, 9.17) is 11.6 Å². The molecule has 0 saturated carbocycles. The molecule has 0 amide bonds. The van der Waals surface area contributed by atoms with Crippen LogP contribution in [0.3, 0.4) is 0 Å². The van der Waals surface area contributed by atoms with Gasteiger partial charge in [0.05, 0.1) is 27.1 Å². The van der Waals surface area contributed by atoms with Crippen LogP contribution >= 0.6 is 27.5 Å². The quantitative estimate of drug-likeness (QED) is 0.939. The Morgan fingerprint density at radius 3 is 2.61 bits per heavy atom. The van der Waals surface area contributed by atoms with Crippen LogP contribution in [0, 0.1) is 0 Å². The van der Waals surface area contributed by atoms with Crippen LogP contribution in [0.1, 0.15) is 37.4 Å². The van der Waals surface area contributed by atoms with Gasteiger partial charge in [0, 0.05) is 12.2 Å². The van der Waals surface area contributed by atoms with Gasteiger partial charge in [-0.05, 0) is 41.9 Å². The first kappa shape index (κ1) is 13.5. The van der Waals surface area contributed by atoms with Crippen LogP contribution in [-0.2, 0) is 0 Å². The summed E-state index contributed by atoms with van der Waals surface area (Å²) in [7, 11) is 0. The molecule has 0 aliphatic rings.